The minimum Gasteiger partial charge on any atom is -0.471 e. The van der Waals surface area contributed by atoms with Crippen LogP contribution in [0.1, 0.15) is 51.1 Å². The summed E-state index contributed by atoms with van der Waals surface area (Å²) in [4.78, 5) is 4.43. The molecule has 5 nitrogen and oxygen atoms in total. The third kappa shape index (κ3) is 2.88. The molecule has 0 aliphatic heterocycles. The molecule has 1 aliphatic carbocycles. The van der Waals surface area contributed by atoms with Gasteiger partial charge in [0.1, 0.15) is 11.6 Å². The van der Waals surface area contributed by atoms with Crippen LogP contribution in [0.5, 0.6) is 5.88 Å². The maximum Gasteiger partial charge on any atom is 0.240 e. The lowest BCUT2D eigenvalue weighted by Crippen LogP contribution is -2.43. The van der Waals surface area contributed by atoms with Crippen LogP contribution in [0, 0.1) is 0 Å². The van der Waals surface area contributed by atoms with Crippen molar-refractivity contribution in [3.05, 3.63) is 24.2 Å². The number of nitrogens with zero attached hydrogens (tertiary/aromatic N) is 3. The van der Waals surface area contributed by atoms with Gasteiger partial charge in [-0.05, 0) is 38.3 Å². The maximum absolute atomic E-state index is 6.23. The van der Waals surface area contributed by atoms with Gasteiger partial charge in [0, 0.05) is 18.4 Å². The van der Waals surface area contributed by atoms with Crippen LogP contribution in [0.3, 0.4) is 0 Å². The predicted octanol–water partition coefficient (Wildman–Crippen LogP) is 2.76. The van der Waals surface area contributed by atoms with Gasteiger partial charge in [-0.2, -0.15) is 5.10 Å². The van der Waals surface area contributed by atoms with Crippen molar-refractivity contribution in [1.82, 2.24) is 19.9 Å². The van der Waals surface area contributed by atoms with E-state index in [-0.39, 0.29) is 6.10 Å². The molecule has 2 unspecified atom stereocenters. The maximum atomic E-state index is 6.23. The van der Waals surface area contributed by atoms with Gasteiger partial charge in [-0.25, -0.2) is 9.50 Å². The average molecular weight is 288 g/mol. The fourth-order valence-corrected chi connectivity index (χ4v) is 3.00. The first-order valence-electron chi connectivity index (χ1n) is 7.87. The molecule has 114 valence electrons. The van der Waals surface area contributed by atoms with Crippen molar-refractivity contribution in [2.75, 3.05) is 7.05 Å². The van der Waals surface area contributed by atoms with Gasteiger partial charge in [0.25, 0.3) is 0 Å². The second kappa shape index (κ2) is 6.02. The number of ether oxygens (including phenoxy) is 1. The summed E-state index contributed by atoms with van der Waals surface area (Å²) in [6.45, 7) is 4.29. The molecular weight excluding hydrogens is 264 g/mol. The highest BCUT2D eigenvalue weighted by Gasteiger charge is 2.26. The van der Waals surface area contributed by atoms with E-state index in [9.17, 15) is 0 Å². The first-order valence-corrected chi connectivity index (χ1v) is 7.87. The van der Waals surface area contributed by atoms with Gasteiger partial charge in [-0.15, -0.1) is 0 Å². The Labute approximate surface area is 125 Å². The third-order valence-corrected chi connectivity index (χ3v) is 4.30. The highest BCUT2D eigenvalue weighted by molar-refractivity contribution is 5.57. The van der Waals surface area contributed by atoms with Gasteiger partial charge in [0.05, 0.1) is 5.69 Å². The second-order valence-electron chi connectivity index (χ2n) is 6.12. The molecule has 2 aromatic rings. The van der Waals surface area contributed by atoms with Crippen LogP contribution in [0.2, 0.25) is 0 Å². The van der Waals surface area contributed by atoms with Crippen molar-refractivity contribution in [3.8, 4) is 5.88 Å². The Kier molecular flexibility index (Phi) is 4.10. The zero-order valence-electron chi connectivity index (χ0n) is 13.0. The van der Waals surface area contributed by atoms with Crippen LogP contribution in [0.4, 0.5) is 0 Å². The number of rotatable bonds is 4. The summed E-state index contributed by atoms with van der Waals surface area (Å²) < 4.78 is 8.10. The number of hydrogen-bond acceptors (Lipinski definition) is 4. The van der Waals surface area contributed by atoms with E-state index >= 15 is 0 Å². The number of aromatic nitrogens is 3. The smallest absolute Gasteiger partial charge is 0.240 e. The van der Waals surface area contributed by atoms with Crippen molar-refractivity contribution in [2.45, 2.75) is 57.6 Å². The van der Waals surface area contributed by atoms with Crippen LogP contribution >= 0.6 is 0 Å². The normalized spacial score (nSPS) is 22.9. The second-order valence-corrected chi connectivity index (χ2v) is 6.12. The van der Waals surface area contributed by atoms with Crippen molar-refractivity contribution < 1.29 is 4.74 Å². The number of fused-ring (bicyclic) bond motifs is 1. The molecule has 1 fully saturated rings. The first-order chi connectivity index (χ1) is 10.2. The molecule has 0 saturated heterocycles. The Morgan fingerprint density at radius 3 is 2.90 bits per heavy atom. The quantitative estimate of drug-likeness (QED) is 0.940. The molecule has 0 aromatic carbocycles. The molecule has 21 heavy (non-hydrogen) atoms. The third-order valence-electron chi connectivity index (χ3n) is 4.30. The Morgan fingerprint density at radius 1 is 1.33 bits per heavy atom. The molecule has 2 heterocycles. The number of hydrogen-bond donors (Lipinski definition) is 1. The van der Waals surface area contributed by atoms with Crippen LogP contribution in [0.25, 0.3) is 5.52 Å². The van der Waals surface area contributed by atoms with Gasteiger partial charge < -0.3 is 10.1 Å². The number of nitrogens with one attached hydrogen (secondary N) is 1. The monoisotopic (exact) mass is 288 g/mol. The van der Waals surface area contributed by atoms with Crippen LogP contribution in [0.15, 0.2) is 18.5 Å². The molecular formula is C16H24N4O. The SMILES string of the molecule is CNC1CCCCC1Oc1nccn2nc(C(C)C)cc12. The summed E-state index contributed by atoms with van der Waals surface area (Å²) in [5, 5.41) is 7.96. The van der Waals surface area contributed by atoms with E-state index in [1.165, 1.54) is 19.3 Å². The van der Waals surface area contributed by atoms with Gasteiger partial charge in [0.2, 0.25) is 5.88 Å². The van der Waals surface area contributed by atoms with Crippen molar-refractivity contribution in [2.24, 2.45) is 0 Å². The molecule has 1 saturated carbocycles. The zero-order valence-corrected chi connectivity index (χ0v) is 13.0. The molecule has 0 radical (unpaired) electrons. The van der Waals surface area contributed by atoms with E-state index in [4.69, 9.17) is 4.74 Å². The number of likely N-dealkylation sites (N-methyl/N-ethyl adjacent to an activating group) is 1. The molecule has 3 rings (SSSR count). The molecule has 1 N–H and O–H groups in total. The summed E-state index contributed by atoms with van der Waals surface area (Å²) >= 11 is 0. The lowest BCUT2D eigenvalue weighted by Gasteiger charge is -2.31. The molecule has 5 heteroatoms. The molecule has 1 aliphatic rings. The summed E-state index contributed by atoms with van der Waals surface area (Å²) in [5.74, 6) is 1.10. The summed E-state index contributed by atoms with van der Waals surface area (Å²) in [6.07, 6.45) is 8.58. The predicted molar refractivity (Wildman–Crippen MR) is 82.8 cm³/mol. The van der Waals surface area contributed by atoms with Crippen molar-refractivity contribution in [3.63, 3.8) is 0 Å². The lowest BCUT2D eigenvalue weighted by molar-refractivity contribution is 0.114. The zero-order chi connectivity index (χ0) is 14.8. The minimum absolute atomic E-state index is 0.194. The van der Waals surface area contributed by atoms with E-state index in [0.717, 1.165) is 17.6 Å². The van der Waals surface area contributed by atoms with Crippen LogP contribution in [-0.4, -0.2) is 33.8 Å². The highest BCUT2D eigenvalue weighted by Crippen LogP contribution is 2.26. The average Bonchev–Trinajstić information content (AvgIpc) is 2.93. The fourth-order valence-electron chi connectivity index (χ4n) is 3.00. The summed E-state index contributed by atoms with van der Waals surface area (Å²) in [7, 11) is 2.01. The van der Waals surface area contributed by atoms with E-state index in [1.54, 1.807) is 6.20 Å². The molecule has 0 spiro atoms. The molecule has 2 aromatic heterocycles. The Morgan fingerprint density at radius 2 is 2.14 bits per heavy atom. The minimum atomic E-state index is 0.194. The largest absolute Gasteiger partial charge is 0.471 e. The summed E-state index contributed by atoms with van der Waals surface area (Å²) in [5.41, 5.74) is 2.03. The highest BCUT2D eigenvalue weighted by atomic mass is 16.5. The van der Waals surface area contributed by atoms with Crippen molar-refractivity contribution in [1.29, 1.82) is 0 Å². The van der Waals surface area contributed by atoms with Crippen LogP contribution in [-0.2, 0) is 0 Å². The summed E-state index contributed by atoms with van der Waals surface area (Å²) in [6, 6.07) is 2.50. The lowest BCUT2D eigenvalue weighted by atomic mass is 9.92. The van der Waals surface area contributed by atoms with Gasteiger partial charge in [-0.3, -0.25) is 0 Å². The van der Waals surface area contributed by atoms with Gasteiger partial charge in [-0.1, -0.05) is 20.3 Å². The topological polar surface area (TPSA) is 51.5 Å². The van der Waals surface area contributed by atoms with Gasteiger partial charge in [0.15, 0.2) is 0 Å². The van der Waals surface area contributed by atoms with E-state index in [0.29, 0.717) is 17.8 Å². The van der Waals surface area contributed by atoms with Crippen molar-refractivity contribution >= 4 is 5.52 Å². The van der Waals surface area contributed by atoms with E-state index < -0.39 is 0 Å². The van der Waals surface area contributed by atoms with E-state index in [1.807, 2.05) is 17.8 Å². The van der Waals surface area contributed by atoms with Gasteiger partial charge >= 0.3 is 0 Å². The standard InChI is InChI=1S/C16H24N4O/c1-11(2)13-10-14-16(18-8-9-20(14)19-13)21-15-7-5-4-6-12(15)17-3/h8-12,15,17H,4-7H2,1-3H3. The molecule has 0 amide bonds. The molecule has 2 atom stereocenters. The Bertz CT molecular complexity index is 607. The Balaban J connectivity index is 1.89. The molecule has 0 bridgehead atoms. The van der Waals surface area contributed by atoms with Crippen LogP contribution < -0.4 is 10.1 Å². The Hall–Kier alpha value is -1.62. The fraction of sp³-hybridized carbons (Fsp3) is 0.625. The first kappa shape index (κ1) is 14.3. The van der Waals surface area contributed by atoms with E-state index in [2.05, 4.69) is 35.3 Å².